The molecule has 1 unspecified atom stereocenters. The zero-order valence-electron chi connectivity index (χ0n) is 13.4. The molecule has 1 N–H and O–H groups in total. The van der Waals surface area contributed by atoms with Crippen molar-refractivity contribution in [2.75, 3.05) is 7.11 Å². The minimum Gasteiger partial charge on any atom is -0.496 e. The third-order valence-corrected chi connectivity index (χ3v) is 4.54. The van der Waals surface area contributed by atoms with E-state index >= 15 is 0 Å². The Bertz CT molecular complexity index is 890. The first-order valence-corrected chi connectivity index (χ1v) is 8.37. The van der Waals surface area contributed by atoms with E-state index in [0.29, 0.717) is 5.56 Å². The molecule has 0 aliphatic rings. The maximum Gasteiger partial charge on any atom is 0.252 e. The van der Waals surface area contributed by atoms with Gasteiger partial charge in [0.15, 0.2) is 0 Å². The molecule has 5 heteroatoms. The molecule has 0 fully saturated rings. The molecule has 2 aromatic carbocycles. The SMILES string of the molecule is COc1ccc(C(C)NC(=O)c2ccnc3ccccc23)cc1Br. The Morgan fingerprint density at radius 3 is 2.75 bits per heavy atom. The van der Waals surface area contributed by atoms with Crippen LogP contribution in [0.3, 0.4) is 0 Å². The van der Waals surface area contributed by atoms with Gasteiger partial charge in [0.25, 0.3) is 5.91 Å². The molecule has 24 heavy (non-hydrogen) atoms. The average molecular weight is 385 g/mol. The lowest BCUT2D eigenvalue weighted by Crippen LogP contribution is -2.26. The Balaban J connectivity index is 1.84. The summed E-state index contributed by atoms with van der Waals surface area (Å²) >= 11 is 3.47. The van der Waals surface area contributed by atoms with E-state index < -0.39 is 0 Å². The molecule has 1 aromatic heterocycles. The van der Waals surface area contributed by atoms with Gasteiger partial charge in [-0.1, -0.05) is 24.3 Å². The van der Waals surface area contributed by atoms with Crippen molar-refractivity contribution >= 4 is 32.7 Å². The molecule has 0 saturated heterocycles. The number of nitrogens with zero attached hydrogens (tertiary/aromatic N) is 1. The number of hydrogen-bond acceptors (Lipinski definition) is 3. The molecule has 0 spiro atoms. The number of halogens is 1. The van der Waals surface area contributed by atoms with E-state index in [4.69, 9.17) is 4.74 Å². The number of ether oxygens (including phenoxy) is 1. The van der Waals surface area contributed by atoms with Crippen molar-refractivity contribution in [3.8, 4) is 5.75 Å². The molecule has 0 aliphatic carbocycles. The third-order valence-electron chi connectivity index (χ3n) is 3.92. The Morgan fingerprint density at radius 2 is 2.00 bits per heavy atom. The van der Waals surface area contributed by atoms with E-state index in [-0.39, 0.29) is 11.9 Å². The highest BCUT2D eigenvalue weighted by atomic mass is 79.9. The number of amides is 1. The second-order valence-electron chi connectivity index (χ2n) is 5.46. The zero-order valence-corrected chi connectivity index (χ0v) is 15.0. The molecule has 4 nitrogen and oxygen atoms in total. The standard InChI is InChI=1S/C19H17BrN2O2/c1-12(13-7-8-18(24-2)16(20)11-13)22-19(23)15-9-10-21-17-6-4-3-5-14(15)17/h3-12H,1-2H3,(H,22,23). The molecule has 0 saturated carbocycles. The van der Waals surface area contributed by atoms with Crippen LogP contribution in [0.25, 0.3) is 10.9 Å². The lowest BCUT2D eigenvalue weighted by molar-refractivity contribution is 0.0941. The van der Waals surface area contributed by atoms with Gasteiger partial charge in [-0.05, 0) is 52.7 Å². The molecular formula is C19H17BrN2O2. The van der Waals surface area contributed by atoms with Crippen LogP contribution in [0.15, 0.2) is 59.2 Å². The number of carbonyl (C=O) groups excluding carboxylic acids is 1. The fourth-order valence-electron chi connectivity index (χ4n) is 2.60. The summed E-state index contributed by atoms with van der Waals surface area (Å²) in [6.45, 7) is 1.95. The van der Waals surface area contributed by atoms with Crippen LogP contribution < -0.4 is 10.1 Å². The number of carbonyl (C=O) groups is 1. The van der Waals surface area contributed by atoms with Crippen molar-refractivity contribution < 1.29 is 9.53 Å². The van der Waals surface area contributed by atoms with Crippen LogP contribution in [0.5, 0.6) is 5.75 Å². The molecule has 1 atom stereocenters. The van der Waals surface area contributed by atoms with Gasteiger partial charge in [0.1, 0.15) is 5.75 Å². The molecule has 1 heterocycles. The monoisotopic (exact) mass is 384 g/mol. The largest absolute Gasteiger partial charge is 0.496 e. The Morgan fingerprint density at radius 1 is 1.21 bits per heavy atom. The molecule has 3 rings (SSSR count). The van der Waals surface area contributed by atoms with Gasteiger partial charge in [-0.2, -0.15) is 0 Å². The molecule has 0 bridgehead atoms. The van der Waals surface area contributed by atoms with Gasteiger partial charge in [0.2, 0.25) is 0 Å². The quantitative estimate of drug-likeness (QED) is 0.720. The normalized spacial score (nSPS) is 12.0. The number of para-hydroxylation sites is 1. The Hall–Kier alpha value is -2.40. The molecule has 3 aromatic rings. The zero-order chi connectivity index (χ0) is 17.1. The topological polar surface area (TPSA) is 51.2 Å². The van der Waals surface area contributed by atoms with Crippen LogP contribution in [-0.2, 0) is 0 Å². The Kier molecular flexibility index (Phi) is 4.81. The minimum atomic E-state index is -0.133. The van der Waals surface area contributed by atoms with Crippen molar-refractivity contribution in [1.29, 1.82) is 0 Å². The number of rotatable bonds is 4. The fraction of sp³-hybridized carbons (Fsp3) is 0.158. The van der Waals surface area contributed by atoms with Gasteiger partial charge in [-0.15, -0.1) is 0 Å². The highest BCUT2D eigenvalue weighted by Crippen LogP contribution is 2.28. The number of fused-ring (bicyclic) bond motifs is 1. The number of pyridine rings is 1. The number of benzene rings is 2. The minimum absolute atomic E-state index is 0.118. The summed E-state index contributed by atoms with van der Waals surface area (Å²) < 4.78 is 6.10. The van der Waals surface area contributed by atoms with E-state index in [9.17, 15) is 4.79 Å². The average Bonchev–Trinajstić information content (AvgIpc) is 2.61. The van der Waals surface area contributed by atoms with E-state index in [1.54, 1.807) is 19.4 Å². The van der Waals surface area contributed by atoms with Crippen LogP contribution in [0.4, 0.5) is 0 Å². The number of aromatic nitrogens is 1. The Labute approximate surface area is 149 Å². The molecule has 122 valence electrons. The van der Waals surface area contributed by atoms with Crippen molar-refractivity contribution in [2.24, 2.45) is 0 Å². The highest BCUT2D eigenvalue weighted by molar-refractivity contribution is 9.10. The summed E-state index contributed by atoms with van der Waals surface area (Å²) in [5, 5.41) is 3.89. The molecule has 0 radical (unpaired) electrons. The number of methoxy groups -OCH3 is 1. The first-order chi connectivity index (χ1) is 11.6. The van der Waals surface area contributed by atoms with Gasteiger partial charge in [0.05, 0.1) is 28.7 Å². The summed E-state index contributed by atoms with van der Waals surface area (Å²) in [5.41, 5.74) is 2.43. The predicted octanol–water partition coefficient (Wildman–Crippen LogP) is 4.50. The van der Waals surface area contributed by atoms with Crippen molar-refractivity contribution in [1.82, 2.24) is 10.3 Å². The molecular weight excluding hydrogens is 368 g/mol. The second-order valence-corrected chi connectivity index (χ2v) is 6.32. The maximum absolute atomic E-state index is 12.7. The van der Waals surface area contributed by atoms with Gasteiger partial charge >= 0.3 is 0 Å². The fourth-order valence-corrected chi connectivity index (χ4v) is 3.16. The lowest BCUT2D eigenvalue weighted by Gasteiger charge is -2.16. The summed E-state index contributed by atoms with van der Waals surface area (Å²) in [6, 6.07) is 15.0. The van der Waals surface area contributed by atoms with Gasteiger partial charge in [-0.3, -0.25) is 9.78 Å². The maximum atomic E-state index is 12.7. The van der Waals surface area contributed by atoms with Crippen LogP contribution >= 0.6 is 15.9 Å². The smallest absolute Gasteiger partial charge is 0.252 e. The summed E-state index contributed by atoms with van der Waals surface area (Å²) in [6.07, 6.45) is 1.66. The van der Waals surface area contributed by atoms with Gasteiger partial charge in [-0.25, -0.2) is 0 Å². The van der Waals surface area contributed by atoms with Gasteiger partial charge < -0.3 is 10.1 Å². The van der Waals surface area contributed by atoms with Crippen LogP contribution in [0, 0.1) is 0 Å². The summed E-state index contributed by atoms with van der Waals surface area (Å²) in [4.78, 5) is 17.0. The summed E-state index contributed by atoms with van der Waals surface area (Å²) in [5.74, 6) is 0.644. The first kappa shape index (κ1) is 16.5. The van der Waals surface area contributed by atoms with Crippen LogP contribution in [0.2, 0.25) is 0 Å². The summed E-state index contributed by atoms with van der Waals surface area (Å²) in [7, 11) is 1.62. The second kappa shape index (κ2) is 7.01. The predicted molar refractivity (Wildman–Crippen MR) is 98.3 cm³/mol. The van der Waals surface area contributed by atoms with E-state index in [0.717, 1.165) is 26.7 Å². The number of hydrogen-bond donors (Lipinski definition) is 1. The van der Waals surface area contributed by atoms with Crippen molar-refractivity contribution in [2.45, 2.75) is 13.0 Å². The molecule has 0 aliphatic heterocycles. The van der Waals surface area contributed by atoms with Gasteiger partial charge in [0, 0.05) is 11.6 Å². The van der Waals surface area contributed by atoms with Crippen LogP contribution in [0.1, 0.15) is 28.9 Å². The first-order valence-electron chi connectivity index (χ1n) is 7.58. The number of nitrogens with one attached hydrogen (secondary N) is 1. The van der Waals surface area contributed by atoms with Crippen molar-refractivity contribution in [3.05, 3.63) is 70.3 Å². The van der Waals surface area contributed by atoms with Crippen molar-refractivity contribution in [3.63, 3.8) is 0 Å². The lowest BCUT2D eigenvalue weighted by atomic mass is 10.1. The van der Waals surface area contributed by atoms with E-state index in [1.165, 1.54) is 0 Å². The highest BCUT2D eigenvalue weighted by Gasteiger charge is 2.15. The van der Waals surface area contributed by atoms with E-state index in [1.807, 2.05) is 49.4 Å². The third kappa shape index (κ3) is 3.26. The van der Waals surface area contributed by atoms with E-state index in [2.05, 4.69) is 26.2 Å². The van der Waals surface area contributed by atoms with Crippen LogP contribution in [-0.4, -0.2) is 18.0 Å². The molecule has 1 amide bonds.